The summed E-state index contributed by atoms with van der Waals surface area (Å²) >= 11 is 0. The number of ether oxygens (including phenoxy) is 1. The van der Waals surface area contributed by atoms with Gasteiger partial charge in [0.25, 0.3) is 0 Å². The predicted molar refractivity (Wildman–Crippen MR) is 80.3 cm³/mol. The third-order valence-corrected chi connectivity index (χ3v) is 4.63. The number of rotatable bonds is 2. The van der Waals surface area contributed by atoms with Crippen molar-refractivity contribution in [1.29, 1.82) is 0 Å². The van der Waals surface area contributed by atoms with Crippen molar-refractivity contribution in [2.24, 2.45) is 11.8 Å². The molecule has 2 aliphatic carbocycles. The van der Waals surface area contributed by atoms with Crippen molar-refractivity contribution in [2.45, 2.75) is 32.6 Å². The van der Waals surface area contributed by atoms with E-state index in [1.165, 1.54) is 36.8 Å². The van der Waals surface area contributed by atoms with E-state index in [0.717, 1.165) is 11.7 Å². The van der Waals surface area contributed by atoms with E-state index < -0.39 is 0 Å². The maximum atomic E-state index is 5.35. The number of aryl methyl sites for hydroxylation is 1. The van der Waals surface area contributed by atoms with E-state index in [1.807, 2.05) is 0 Å². The predicted octanol–water partition coefficient (Wildman–Crippen LogP) is 4.63. The van der Waals surface area contributed by atoms with E-state index in [2.05, 4.69) is 43.4 Å². The molecule has 0 unspecified atom stereocenters. The molecule has 3 rings (SSSR count). The highest BCUT2D eigenvalue weighted by Gasteiger charge is 2.29. The van der Waals surface area contributed by atoms with Gasteiger partial charge in [0.15, 0.2) is 0 Å². The molecular weight excluding hydrogens is 232 g/mol. The van der Waals surface area contributed by atoms with E-state index in [9.17, 15) is 0 Å². The molecule has 0 saturated carbocycles. The Kier molecular flexibility index (Phi) is 3.46. The van der Waals surface area contributed by atoms with Gasteiger partial charge in [-0.15, -0.1) is 0 Å². The van der Waals surface area contributed by atoms with Crippen LogP contribution in [-0.2, 0) is 6.42 Å². The van der Waals surface area contributed by atoms with Crippen LogP contribution in [0.4, 0.5) is 0 Å². The van der Waals surface area contributed by atoms with Crippen LogP contribution >= 0.6 is 0 Å². The van der Waals surface area contributed by atoms with Crippen molar-refractivity contribution in [3.8, 4) is 5.75 Å². The minimum absolute atomic E-state index is 0.713. The monoisotopic (exact) mass is 254 g/mol. The third-order valence-electron chi connectivity index (χ3n) is 4.63. The maximum Gasteiger partial charge on any atom is 0.119 e. The van der Waals surface area contributed by atoms with Gasteiger partial charge in [-0.2, -0.15) is 0 Å². The summed E-state index contributed by atoms with van der Waals surface area (Å²) in [5, 5.41) is 0. The van der Waals surface area contributed by atoms with Gasteiger partial charge in [-0.25, -0.2) is 0 Å². The summed E-state index contributed by atoms with van der Waals surface area (Å²) < 4.78 is 5.35. The van der Waals surface area contributed by atoms with Gasteiger partial charge in [0.2, 0.25) is 0 Å². The lowest BCUT2D eigenvalue weighted by atomic mass is 9.73. The second-order valence-electron chi connectivity index (χ2n) is 5.58. The normalized spacial score (nSPS) is 27.6. The Morgan fingerprint density at radius 1 is 1.26 bits per heavy atom. The molecule has 2 atom stereocenters. The Labute approximate surface area is 116 Å². The molecule has 100 valence electrons. The molecular formula is C18H22O. The molecule has 19 heavy (non-hydrogen) atoms. The summed E-state index contributed by atoms with van der Waals surface area (Å²) in [7, 11) is 1.74. The molecule has 0 heterocycles. The van der Waals surface area contributed by atoms with Crippen LogP contribution in [0.25, 0.3) is 5.57 Å². The van der Waals surface area contributed by atoms with Crippen molar-refractivity contribution in [1.82, 2.24) is 0 Å². The average Bonchev–Trinajstić information content (AvgIpc) is 2.99. The standard InChI is InChI=1S/C18H22O/c1-3-16-17(13-6-4-5-7-13)10-8-14-12-15(19-2)9-11-18(14)16/h3-4,6,9,11-13,17H,5,7-8,10H2,1-2H3/b16-3+/t13-,17+/m1/s1. The van der Waals surface area contributed by atoms with Crippen molar-refractivity contribution < 1.29 is 4.74 Å². The molecule has 0 N–H and O–H groups in total. The number of methoxy groups -OCH3 is 1. The number of hydrogen-bond acceptors (Lipinski definition) is 1. The fourth-order valence-corrected chi connectivity index (χ4v) is 3.66. The number of benzene rings is 1. The van der Waals surface area contributed by atoms with Gasteiger partial charge in [0, 0.05) is 0 Å². The van der Waals surface area contributed by atoms with Crippen LogP contribution in [0.15, 0.2) is 36.4 Å². The molecule has 0 aromatic heterocycles. The maximum absolute atomic E-state index is 5.35. The molecule has 0 fully saturated rings. The summed E-state index contributed by atoms with van der Waals surface area (Å²) in [5.41, 5.74) is 4.44. The zero-order valence-electron chi connectivity index (χ0n) is 11.9. The molecule has 0 radical (unpaired) electrons. The average molecular weight is 254 g/mol. The van der Waals surface area contributed by atoms with E-state index in [-0.39, 0.29) is 0 Å². The highest BCUT2D eigenvalue weighted by atomic mass is 16.5. The number of fused-ring (bicyclic) bond motifs is 1. The molecule has 1 aromatic rings. The summed E-state index contributed by atoms with van der Waals surface area (Å²) in [6, 6.07) is 6.54. The number of hydrogen-bond donors (Lipinski definition) is 0. The molecule has 0 bridgehead atoms. The number of allylic oxidation sites excluding steroid dienone is 4. The molecule has 1 aromatic carbocycles. The zero-order valence-corrected chi connectivity index (χ0v) is 11.9. The van der Waals surface area contributed by atoms with Crippen molar-refractivity contribution in [3.63, 3.8) is 0 Å². The molecule has 0 saturated heterocycles. The highest BCUT2D eigenvalue weighted by Crippen LogP contribution is 2.43. The summed E-state index contributed by atoms with van der Waals surface area (Å²) in [6.07, 6.45) is 12.1. The van der Waals surface area contributed by atoms with Gasteiger partial charge >= 0.3 is 0 Å². The first kappa shape index (κ1) is 12.5. The van der Waals surface area contributed by atoms with Crippen molar-refractivity contribution in [3.05, 3.63) is 47.6 Å². The van der Waals surface area contributed by atoms with Crippen LogP contribution in [-0.4, -0.2) is 7.11 Å². The molecule has 0 aliphatic heterocycles. The SMILES string of the molecule is C/C=C1/c2ccc(OC)cc2CC[C@H]1[C@@H]1C=CCC1. The Morgan fingerprint density at radius 3 is 2.84 bits per heavy atom. The van der Waals surface area contributed by atoms with Gasteiger partial charge in [0.05, 0.1) is 7.11 Å². The minimum atomic E-state index is 0.713. The van der Waals surface area contributed by atoms with Gasteiger partial charge in [0.1, 0.15) is 5.75 Å². The third kappa shape index (κ3) is 2.22. The van der Waals surface area contributed by atoms with Crippen LogP contribution in [0.3, 0.4) is 0 Å². The second kappa shape index (κ2) is 5.24. The van der Waals surface area contributed by atoms with Gasteiger partial charge < -0.3 is 4.74 Å². The lowest BCUT2D eigenvalue weighted by molar-refractivity contribution is 0.411. The molecule has 0 amide bonds. The Morgan fingerprint density at radius 2 is 2.16 bits per heavy atom. The van der Waals surface area contributed by atoms with Crippen LogP contribution < -0.4 is 4.74 Å². The first-order valence-electron chi connectivity index (χ1n) is 7.33. The van der Waals surface area contributed by atoms with Gasteiger partial charge in [-0.05, 0) is 73.3 Å². The Balaban J connectivity index is 1.96. The molecule has 0 spiro atoms. The fraction of sp³-hybridized carbons (Fsp3) is 0.444. The van der Waals surface area contributed by atoms with E-state index in [4.69, 9.17) is 4.74 Å². The first-order chi connectivity index (χ1) is 9.33. The van der Waals surface area contributed by atoms with Crippen molar-refractivity contribution >= 4 is 5.57 Å². The lowest BCUT2D eigenvalue weighted by Crippen LogP contribution is -2.19. The van der Waals surface area contributed by atoms with Crippen LogP contribution in [0.5, 0.6) is 5.75 Å². The summed E-state index contributed by atoms with van der Waals surface area (Å²) in [6.45, 7) is 2.18. The smallest absolute Gasteiger partial charge is 0.119 e. The minimum Gasteiger partial charge on any atom is -0.497 e. The van der Waals surface area contributed by atoms with Crippen LogP contribution in [0, 0.1) is 11.8 Å². The van der Waals surface area contributed by atoms with Gasteiger partial charge in [-0.3, -0.25) is 0 Å². The topological polar surface area (TPSA) is 9.23 Å². The Bertz CT molecular complexity index is 524. The quantitative estimate of drug-likeness (QED) is 0.699. The van der Waals surface area contributed by atoms with Crippen LogP contribution in [0.1, 0.15) is 37.3 Å². The lowest BCUT2D eigenvalue weighted by Gasteiger charge is -2.32. The van der Waals surface area contributed by atoms with E-state index in [0.29, 0.717) is 5.92 Å². The van der Waals surface area contributed by atoms with Crippen molar-refractivity contribution in [2.75, 3.05) is 7.11 Å². The van der Waals surface area contributed by atoms with E-state index in [1.54, 1.807) is 12.7 Å². The molecule has 2 aliphatic rings. The molecule has 1 heteroatoms. The zero-order chi connectivity index (χ0) is 13.2. The highest BCUT2D eigenvalue weighted by molar-refractivity contribution is 5.72. The first-order valence-corrected chi connectivity index (χ1v) is 7.33. The van der Waals surface area contributed by atoms with E-state index >= 15 is 0 Å². The summed E-state index contributed by atoms with van der Waals surface area (Å²) in [4.78, 5) is 0. The fourth-order valence-electron chi connectivity index (χ4n) is 3.66. The van der Waals surface area contributed by atoms with Gasteiger partial charge in [-0.1, -0.05) is 24.3 Å². The molecule has 1 nitrogen and oxygen atoms in total. The van der Waals surface area contributed by atoms with Crippen LogP contribution in [0.2, 0.25) is 0 Å². The summed E-state index contributed by atoms with van der Waals surface area (Å²) in [5.74, 6) is 2.44. The second-order valence-corrected chi connectivity index (χ2v) is 5.58. The largest absolute Gasteiger partial charge is 0.497 e. The Hall–Kier alpha value is -1.50.